The lowest BCUT2D eigenvalue weighted by atomic mass is 10.1. The van der Waals surface area contributed by atoms with Gasteiger partial charge in [-0.2, -0.15) is 5.26 Å². The summed E-state index contributed by atoms with van der Waals surface area (Å²) >= 11 is 3.10. The van der Waals surface area contributed by atoms with Crippen LogP contribution in [-0.4, -0.2) is 4.98 Å². The number of nitriles is 1. The van der Waals surface area contributed by atoms with E-state index in [1.807, 2.05) is 13.1 Å². The highest BCUT2D eigenvalue weighted by Gasteiger charge is 2.17. The molecule has 0 atom stereocenters. The average molecular weight is 249 g/mol. The van der Waals surface area contributed by atoms with Crippen LogP contribution in [0.4, 0.5) is 5.69 Å². The van der Waals surface area contributed by atoms with Crippen molar-refractivity contribution in [1.29, 1.82) is 5.26 Å². The zero-order valence-corrected chi connectivity index (χ0v) is 10.7. The quantitative estimate of drug-likeness (QED) is 0.889. The Hall–Kier alpha value is -1.38. The van der Waals surface area contributed by atoms with Crippen molar-refractivity contribution in [3.05, 3.63) is 21.6 Å². The summed E-state index contributed by atoms with van der Waals surface area (Å²) in [5.74, 6) is 0. The van der Waals surface area contributed by atoms with Gasteiger partial charge in [-0.25, -0.2) is 4.98 Å². The number of nitrogen functional groups attached to an aromatic ring is 1. The molecule has 0 bridgehead atoms. The Morgan fingerprint density at radius 2 is 2.25 bits per heavy atom. The van der Waals surface area contributed by atoms with Crippen molar-refractivity contribution in [1.82, 2.24) is 4.98 Å². The lowest BCUT2D eigenvalue weighted by Gasteiger charge is -1.98. The van der Waals surface area contributed by atoms with Gasteiger partial charge < -0.3 is 5.73 Å². The standard InChI is InChI=1S/C11H11N3S2/c1-3-7-10(13)8(4-12)16-11(7)9-5-14-6(2)15-9/h5H,3,13H2,1-2H3. The predicted octanol–water partition coefficient (Wildman–Crippen LogP) is 3.20. The summed E-state index contributed by atoms with van der Waals surface area (Å²) in [6.07, 6.45) is 2.70. The number of aryl methyl sites for hydroxylation is 1. The number of anilines is 1. The van der Waals surface area contributed by atoms with E-state index in [-0.39, 0.29) is 0 Å². The minimum Gasteiger partial charge on any atom is -0.397 e. The SMILES string of the molecule is CCc1c(-c2cnc(C)s2)sc(C#N)c1N. The molecule has 2 aromatic rings. The largest absolute Gasteiger partial charge is 0.397 e. The zero-order chi connectivity index (χ0) is 11.7. The molecule has 0 fully saturated rings. The van der Waals surface area contributed by atoms with Gasteiger partial charge in [-0.3, -0.25) is 0 Å². The topological polar surface area (TPSA) is 62.7 Å². The highest BCUT2D eigenvalue weighted by Crippen LogP contribution is 2.40. The molecule has 0 aromatic carbocycles. The Morgan fingerprint density at radius 1 is 1.50 bits per heavy atom. The van der Waals surface area contributed by atoms with Crippen LogP contribution in [0.5, 0.6) is 0 Å². The van der Waals surface area contributed by atoms with Crippen LogP contribution in [0.15, 0.2) is 6.20 Å². The normalized spacial score (nSPS) is 10.3. The van der Waals surface area contributed by atoms with E-state index in [1.54, 1.807) is 11.3 Å². The number of nitrogens with two attached hydrogens (primary N) is 1. The minimum atomic E-state index is 0.609. The van der Waals surface area contributed by atoms with Crippen LogP contribution < -0.4 is 5.73 Å². The summed E-state index contributed by atoms with van der Waals surface area (Å²) in [6, 6.07) is 2.14. The summed E-state index contributed by atoms with van der Waals surface area (Å²) in [5.41, 5.74) is 7.65. The Kier molecular flexibility index (Phi) is 2.95. The van der Waals surface area contributed by atoms with Crippen molar-refractivity contribution in [2.75, 3.05) is 5.73 Å². The molecule has 2 aromatic heterocycles. The summed E-state index contributed by atoms with van der Waals surface area (Å²) in [4.78, 5) is 7.05. The number of nitrogens with zero attached hydrogens (tertiary/aromatic N) is 2. The number of rotatable bonds is 2. The zero-order valence-electron chi connectivity index (χ0n) is 9.07. The first kappa shape index (κ1) is 11.1. The van der Waals surface area contributed by atoms with E-state index in [4.69, 9.17) is 11.0 Å². The fourth-order valence-electron chi connectivity index (χ4n) is 1.58. The summed E-state index contributed by atoms with van der Waals surface area (Å²) in [5, 5.41) is 10.0. The maximum atomic E-state index is 8.97. The highest BCUT2D eigenvalue weighted by molar-refractivity contribution is 7.22. The van der Waals surface area contributed by atoms with Crippen molar-refractivity contribution < 1.29 is 0 Å². The molecule has 0 saturated heterocycles. The Morgan fingerprint density at radius 3 is 2.75 bits per heavy atom. The molecular weight excluding hydrogens is 238 g/mol. The van der Waals surface area contributed by atoms with E-state index in [1.165, 1.54) is 11.3 Å². The van der Waals surface area contributed by atoms with Gasteiger partial charge in [-0.1, -0.05) is 6.92 Å². The first-order valence-electron chi connectivity index (χ1n) is 4.91. The third kappa shape index (κ3) is 1.70. The van der Waals surface area contributed by atoms with Gasteiger partial charge >= 0.3 is 0 Å². The number of thiophene rings is 1. The van der Waals surface area contributed by atoms with Gasteiger partial charge in [0.05, 0.1) is 20.4 Å². The molecule has 0 saturated carbocycles. The van der Waals surface area contributed by atoms with Crippen molar-refractivity contribution in [2.45, 2.75) is 20.3 Å². The number of hydrogen-bond donors (Lipinski definition) is 1. The molecule has 0 aliphatic rings. The predicted molar refractivity (Wildman–Crippen MR) is 68.7 cm³/mol. The maximum Gasteiger partial charge on any atom is 0.128 e. The molecule has 3 nitrogen and oxygen atoms in total. The molecule has 0 radical (unpaired) electrons. The fourth-order valence-corrected chi connectivity index (χ4v) is 3.59. The van der Waals surface area contributed by atoms with Crippen LogP contribution in [-0.2, 0) is 6.42 Å². The Balaban J connectivity index is 2.61. The van der Waals surface area contributed by atoms with Gasteiger partial charge in [-0.15, -0.1) is 22.7 Å². The molecule has 2 rings (SSSR count). The molecule has 2 heterocycles. The minimum absolute atomic E-state index is 0.609. The van der Waals surface area contributed by atoms with Gasteiger partial charge in [0.2, 0.25) is 0 Å². The second-order valence-corrected chi connectivity index (χ2v) is 5.62. The van der Waals surface area contributed by atoms with E-state index in [9.17, 15) is 0 Å². The highest BCUT2D eigenvalue weighted by atomic mass is 32.1. The molecule has 2 N–H and O–H groups in total. The smallest absolute Gasteiger partial charge is 0.128 e. The van der Waals surface area contributed by atoms with E-state index < -0.39 is 0 Å². The van der Waals surface area contributed by atoms with E-state index in [0.29, 0.717) is 10.6 Å². The first-order chi connectivity index (χ1) is 7.67. The van der Waals surface area contributed by atoms with E-state index in [2.05, 4.69) is 18.0 Å². The van der Waals surface area contributed by atoms with Crippen molar-refractivity contribution >= 4 is 28.4 Å². The van der Waals surface area contributed by atoms with Gasteiger partial charge in [0, 0.05) is 6.20 Å². The van der Waals surface area contributed by atoms with Crippen LogP contribution in [0, 0.1) is 18.3 Å². The van der Waals surface area contributed by atoms with Crippen LogP contribution in [0.1, 0.15) is 22.4 Å². The second kappa shape index (κ2) is 4.24. The van der Waals surface area contributed by atoms with Gasteiger partial charge in [0.25, 0.3) is 0 Å². The molecule has 5 heteroatoms. The number of aromatic nitrogens is 1. The maximum absolute atomic E-state index is 8.97. The van der Waals surface area contributed by atoms with Crippen molar-refractivity contribution in [3.8, 4) is 15.8 Å². The third-order valence-corrected chi connectivity index (χ3v) is 4.59. The number of hydrogen-bond acceptors (Lipinski definition) is 5. The number of thiazole rings is 1. The van der Waals surface area contributed by atoms with Gasteiger partial charge in [0.15, 0.2) is 0 Å². The van der Waals surface area contributed by atoms with Crippen LogP contribution in [0.3, 0.4) is 0 Å². The summed E-state index contributed by atoms with van der Waals surface area (Å²) in [7, 11) is 0. The molecule has 16 heavy (non-hydrogen) atoms. The molecule has 0 spiro atoms. The first-order valence-corrected chi connectivity index (χ1v) is 6.54. The molecule has 0 unspecified atom stereocenters. The van der Waals surface area contributed by atoms with Crippen molar-refractivity contribution in [2.24, 2.45) is 0 Å². The molecule has 0 aliphatic carbocycles. The van der Waals surface area contributed by atoms with Crippen LogP contribution in [0.25, 0.3) is 9.75 Å². The molecular formula is C11H11N3S2. The summed E-state index contributed by atoms with van der Waals surface area (Å²) < 4.78 is 0. The monoisotopic (exact) mass is 249 g/mol. The molecule has 0 aliphatic heterocycles. The lowest BCUT2D eigenvalue weighted by molar-refractivity contribution is 1.16. The second-order valence-electron chi connectivity index (χ2n) is 3.36. The van der Waals surface area contributed by atoms with Crippen molar-refractivity contribution in [3.63, 3.8) is 0 Å². The fraction of sp³-hybridized carbons (Fsp3) is 0.273. The molecule has 0 amide bonds. The third-order valence-electron chi connectivity index (χ3n) is 2.35. The average Bonchev–Trinajstić information content (AvgIpc) is 2.82. The van der Waals surface area contributed by atoms with Gasteiger partial charge in [0.1, 0.15) is 10.9 Å². The Bertz CT molecular complexity index is 560. The van der Waals surface area contributed by atoms with E-state index in [0.717, 1.165) is 26.7 Å². The van der Waals surface area contributed by atoms with Crippen LogP contribution in [0.2, 0.25) is 0 Å². The summed E-state index contributed by atoms with van der Waals surface area (Å²) in [6.45, 7) is 4.03. The molecule has 82 valence electrons. The lowest BCUT2D eigenvalue weighted by Crippen LogP contribution is -1.90. The van der Waals surface area contributed by atoms with Crippen LogP contribution >= 0.6 is 22.7 Å². The Labute approximate surface area is 102 Å². The van der Waals surface area contributed by atoms with E-state index >= 15 is 0 Å². The van der Waals surface area contributed by atoms with Gasteiger partial charge in [-0.05, 0) is 18.9 Å².